The number of anilines is 1. The smallest absolute Gasteiger partial charge is 0.173 e. The first kappa shape index (κ1) is 8.60. The molecule has 1 aliphatic rings. The Bertz CT molecular complexity index is 291. The topological polar surface area (TPSA) is 38.1 Å². The number of hydrogen-bond acceptors (Lipinski definition) is 3. The molecule has 0 saturated carbocycles. The van der Waals surface area contributed by atoms with E-state index in [1.54, 1.807) is 0 Å². The second-order valence-electron chi connectivity index (χ2n) is 3.94. The molecule has 0 unspecified atom stereocenters. The standard InChI is InChI=1S/C10H16N2O/c1-7(2)11-10-8-5-3-4-6-9(8)13-12-10/h7H,3-6H2,1-2H3,(H,11,12). The van der Waals surface area contributed by atoms with Crippen molar-refractivity contribution in [2.75, 3.05) is 5.32 Å². The Balaban J connectivity index is 2.21. The largest absolute Gasteiger partial charge is 0.365 e. The summed E-state index contributed by atoms with van der Waals surface area (Å²) in [5.41, 5.74) is 1.31. The average Bonchev–Trinajstić information content (AvgIpc) is 2.48. The normalized spacial score (nSPS) is 15.9. The van der Waals surface area contributed by atoms with Gasteiger partial charge >= 0.3 is 0 Å². The minimum absolute atomic E-state index is 0.427. The van der Waals surface area contributed by atoms with Crippen molar-refractivity contribution < 1.29 is 4.52 Å². The molecule has 0 aliphatic heterocycles. The van der Waals surface area contributed by atoms with E-state index in [2.05, 4.69) is 24.3 Å². The summed E-state index contributed by atoms with van der Waals surface area (Å²) in [6.07, 6.45) is 4.68. The highest BCUT2D eigenvalue weighted by Gasteiger charge is 2.19. The molecule has 1 aromatic heterocycles. The van der Waals surface area contributed by atoms with Crippen LogP contribution in [-0.2, 0) is 12.8 Å². The Labute approximate surface area is 78.5 Å². The maximum absolute atomic E-state index is 5.28. The van der Waals surface area contributed by atoms with E-state index in [-0.39, 0.29) is 0 Å². The number of fused-ring (bicyclic) bond motifs is 1. The summed E-state index contributed by atoms with van der Waals surface area (Å²) < 4.78 is 5.28. The fourth-order valence-electron chi connectivity index (χ4n) is 1.77. The number of nitrogens with zero attached hydrogens (tertiary/aromatic N) is 1. The van der Waals surface area contributed by atoms with E-state index in [9.17, 15) is 0 Å². The molecule has 1 N–H and O–H groups in total. The lowest BCUT2D eigenvalue weighted by atomic mass is 9.98. The predicted molar refractivity (Wildman–Crippen MR) is 51.9 cm³/mol. The number of hydrogen-bond donors (Lipinski definition) is 1. The molecule has 0 atom stereocenters. The van der Waals surface area contributed by atoms with Gasteiger partial charge in [-0.05, 0) is 33.1 Å². The van der Waals surface area contributed by atoms with Gasteiger partial charge < -0.3 is 9.84 Å². The van der Waals surface area contributed by atoms with Gasteiger partial charge in [-0.3, -0.25) is 0 Å². The molecule has 13 heavy (non-hydrogen) atoms. The molecule has 72 valence electrons. The van der Waals surface area contributed by atoms with Crippen LogP contribution in [0.25, 0.3) is 0 Å². The highest BCUT2D eigenvalue weighted by Crippen LogP contribution is 2.27. The molecule has 1 aromatic rings. The van der Waals surface area contributed by atoms with Crippen molar-refractivity contribution in [3.63, 3.8) is 0 Å². The van der Waals surface area contributed by atoms with Crippen LogP contribution in [0.3, 0.4) is 0 Å². The maximum atomic E-state index is 5.28. The molecule has 0 bridgehead atoms. The summed E-state index contributed by atoms with van der Waals surface area (Å²) in [4.78, 5) is 0. The van der Waals surface area contributed by atoms with Crippen LogP contribution >= 0.6 is 0 Å². The third kappa shape index (κ3) is 1.69. The highest BCUT2D eigenvalue weighted by atomic mass is 16.5. The van der Waals surface area contributed by atoms with Gasteiger partial charge in [0, 0.05) is 18.0 Å². The van der Waals surface area contributed by atoms with Crippen LogP contribution in [-0.4, -0.2) is 11.2 Å². The summed E-state index contributed by atoms with van der Waals surface area (Å²) >= 11 is 0. The van der Waals surface area contributed by atoms with Crippen molar-refractivity contribution in [1.82, 2.24) is 5.16 Å². The summed E-state index contributed by atoms with van der Waals surface area (Å²) in [6.45, 7) is 4.23. The van der Waals surface area contributed by atoms with Crippen LogP contribution in [0.4, 0.5) is 5.82 Å². The van der Waals surface area contributed by atoms with Gasteiger partial charge in [-0.1, -0.05) is 5.16 Å². The molecule has 0 aromatic carbocycles. The number of nitrogens with one attached hydrogen (secondary N) is 1. The molecule has 0 saturated heterocycles. The van der Waals surface area contributed by atoms with Crippen LogP contribution in [0, 0.1) is 0 Å². The molecule has 0 fully saturated rings. The monoisotopic (exact) mass is 180 g/mol. The number of rotatable bonds is 2. The Kier molecular flexibility index (Phi) is 2.25. The van der Waals surface area contributed by atoms with E-state index in [4.69, 9.17) is 4.52 Å². The van der Waals surface area contributed by atoms with Gasteiger partial charge in [0.25, 0.3) is 0 Å². The van der Waals surface area contributed by atoms with Crippen molar-refractivity contribution in [3.8, 4) is 0 Å². The SMILES string of the molecule is CC(C)Nc1noc2c1CCCC2. The lowest BCUT2D eigenvalue weighted by molar-refractivity contribution is 0.373. The van der Waals surface area contributed by atoms with Crippen molar-refractivity contribution in [2.45, 2.75) is 45.6 Å². The van der Waals surface area contributed by atoms with Gasteiger partial charge in [0.2, 0.25) is 0 Å². The molecule has 1 heterocycles. The van der Waals surface area contributed by atoms with Gasteiger partial charge in [-0.15, -0.1) is 0 Å². The Morgan fingerprint density at radius 1 is 1.31 bits per heavy atom. The van der Waals surface area contributed by atoms with Gasteiger partial charge in [0.15, 0.2) is 5.82 Å². The first-order valence-corrected chi connectivity index (χ1v) is 5.01. The summed E-state index contributed by atoms with van der Waals surface area (Å²) in [7, 11) is 0. The Morgan fingerprint density at radius 2 is 2.08 bits per heavy atom. The van der Waals surface area contributed by atoms with Crippen LogP contribution in [0.2, 0.25) is 0 Å². The maximum Gasteiger partial charge on any atom is 0.173 e. The van der Waals surface area contributed by atoms with E-state index in [0.29, 0.717) is 6.04 Å². The molecule has 2 rings (SSSR count). The zero-order valence-electron chi connectivity index (χ0n) is 8.26. The fraction of sp³-hybridized carbons (Fsp3) is 0.700. The summed E-state index contributed by atoms with van der Waals surface area (Å²) in [6, 6.07) is 0.427. The predicted octanol–water partition coefficient (Wildman–Crippen LogP) is 2.37. The second kappa shape index (κ2) is 3.40. The zero-order chi connectivity index (χ0) is 9.26. The summed E-state index contributed by atoms with van der Waals surface area (Å²) in [5, 5.41) is 7.36. The lowest BCUT2D eigenvalue weighted by Gasteiger charge is -2.11. The minimum atomic E-state index is 0.427. The number of aryl methyl sites for hydroxylation is 1. The van der Waals surface area contributed by atoms with E-state index in [1.807, 2.05) is 0 Å². The quantitative estimate of drug-likeness (QED) is 0.759. The molecule has 0 spiro atoms. The van der Waals surface area contributed by atoms with Gasteiger partial charge in [0.1, 0.15) is 5.76 Å². The van der Waals surface area contributed by atoms with E-state index < -0.39 is 0 Å². The summed E-state index contributed by atoms with van der Waals surface area (Å²) in [5.74, 6) is 2.05. The molecule has 1 aliphatic carbocycles. The van der Waals surface area contributed by atoms with E-state index >= 15 is 0 Å². The number of aromatic nitrogens is 1. The van der Waals surface area contributed by atoms with Crippen LogP contribution in [0.5, 0.6) is 0 Å². The van der Waals surface area contributed by atoms with Crippen molar-refractivity contribution in [2.24, 2.45) is 0 Å². The molecule has 3 nitrogen and oxygen atoms in total. The molecular formula is C10H16N2O. The molecular weight excluding hydrogens is 164 g/mol. The van der Waals surface area contributed by atoms with Gasteiger partial charge in [-0.25, -0.2) is 0 Å². The fourth-order valence-corrected chi connectivity index (χ4v) is 1.77. The Hall–Kier alpha value is -0.990. The molecule has 0 radical (unpaired) electrons. The average molecular weight is 180 g/mol. The van der Waals surface area contributed by atoms with Crippen molar-refractivity contribution >= 4 is 5.82 Å². The van der Waals surface area contributed by atoms with Crippen molar-refractivity contribution in [3.05, 3.63) is 11.3 Å². The zero-order valence-corrected chi connectivity index (χ0v) is 8.26. The second-order valence-corrected chi connectivity index (χ2v) is 3.94. The van der Waals surface area contributed by atoms with Crippen LogP contribution in [0.15, 0.2) is 4.52 Å². The van der Waals surface area contributed by atoms with Gasteiger partial charge in [-0.2, -0.15) is 0 Å². The third-order valence-electron chi connectivity index (χ3n) is 2.38. The molecule has 3 heteroatoms. The minimum Gasteiger partial charge on any atom is -0.365 e. The van der Waals surface area contributed by atoms with Crippen LogP contribution < -0.4 is 5.32 Å². The lowest BCUT2D eigenvalue weighted by Crippen LogP contribution is -2.12. The molecule has 0 amide bonds. The van der Waals surface area contributed by atoms with Crippen molar-refractivity contribution in [1.29, 1.82) is 0 Å². The van der Waals surface area contributed by atoms with Gasteiger partial charge in [0.05, 0.1) is 0 Å². The Morgan fingerprint density at radius 3 is 2.85 bits per heavy atom. The third-order valence-corrected chi connectivity index (χ3v) is 2.38. The first-order chi connectivity index (χ1) is 6.27. The highest BCUT2D eigenvalue weighted by molar-refractivity contribution is 5.46. The van der Waals surface area contributed by atoms with E-state index in [0.717, 1.165) is 24.4 Å². The van der Waals surface area contributed by atoms with E-state index in [1.165, 1.54) is 18.4 Å². The first-order valence-electron chi connectivity index (χ1n) is 5.01. The van der Waals surface area contributed by atoms with Crippen LogP contribution in [0.1, 0.15) is 38.0 Å².